The quantitative estimate of drug-likeness (QED) is 0.258. The molecule has 2 amide bonds. The Morgan fingerprint density at radius 3 is 2.79 bits per heavy atom. The number of fused-ring (bicyclic) bond motifs is 1. The lowest BCUT2D eigenvalue weighted by Crippen LogP contribution is -2.48. The van der Waals surface area contributed by atoms with Gasteiger partial charge in [0.15, 0.2) is 0 Å². The van der Waals surface area contributed by atoms with Gasteiger partial charge in [0.05, 0.1) is 12.2 Å². The normalized spacial score (nSPS) is 18.0. The second-order valence-electron chi connectivity index (χ2n) is 11.6. The molecular formula is C35H42ClN3O4. The highest BCUT2D eigenvalue weighted by atomic mass is 35.5. The zero-order chi connectivity index (χ0) is 30.4. The number of hydrogen-bond acceptors (Lipinski definition) is 5. The molecule has 0 radical (unpaired) electrons. The summed E-state index contributed by atoms with van der Waals surface area (Å²) in [5.74, 6) is -0.249. The number of ether oxygens (including phenoxy) is 1. The van der Waals surface area contributed by atoms with Gasteiger partial charge in [0.1, 0.15) is 0 Å². The summed E-state index contributed by atoms with van der Waals surface area (Å²) in [5.41, 5.74) is 5.52. The number of rotatable bonds is 9. The largest absolute Gasteiger partial charge is 0.450 e. The molecule has 2 aliphatic rings. The van der Waals surface area contributed by atoms with E-state index in [0.29, 0.717) is 36.5 Å². The second-order valence-corrected chi connectivity index (χ2v) is 12.0. The van der Waals surface area contributed by atoms with Crippen LogP contribution in [0, 0.1) is 5.92 Å². The topological polar surface area (TPSA) is 90.9 Å². The molecule has 8 heteroatoms. The lowest BCUT2D eigenvalue weighted by molar-refractivity contribution is -0.0588. The number of nitrogens with one attached hydrogen (secondary N) is 2. The van der Waals surface area contributed by atoms with Crippen LogP contribution < -0.4 is 10.6 Å². The van der Waals surface area contributed by atoms with E-state index in [4.69, 9.17) is 16.3 Å². The molecule has 2 unspecified atom stereocenters. The van der Waals surface area contributed by atoms with E-state index in [1.165, 1.54) is 23.7 Å². The van der Waals surface area contributed by atoms with Gasteiger partial charge in [-0.3, -0.25) is 4.79 Å². The molecule has 3 N–H and O–H groups in total. The van der Waals surface area contributed by atoms with E-state index in [0.717, 1.165) is 55.5 Å². The van der Waals surface area contributed by atoms with E-state index in [-0.39, 0.29) is 18.4 Å². The Labute approximate surface area is 259 Å². The van der Waals surface area contributed by atoms with Gasteiger partial charge in [-0.2, -0.15) is 0 Å². The number of aliphatic hydroxyl groups is 1. The molecule has 3 aromatic rings. The van der Waals surface area contributed by atoms with E-state index < -0.39 is 11.7 Å². The van der Waals surface area contributed by atoms with Gasteiger partial charge in [-0.1, -0.05) is 61.0 Å². The van der Waals surface area contributed by atoms with Gasteiger partial charge in [0.2, 0.25) is 0 Å². The molecule has 3 aromatic carbocycles. The van der Waals surface area contributed by atoms with Gasteiger partial charge in [-0.25, -0.2) is 4.79 Å². The minimum absolute atomic E-state index is 0.00895. The van der Waals surface area contributed by atoms with Crippen molar-refractivity contribution in [2.45, 2.75) is 57.6 Å². The molecule has 1 saturated heterocycles. The van der Waals surface area contributed by atoms with Crippen molar-refractivity contribution in [1.82, 2.24) is 15.5 Å². The van der Waals surface area contributed by atoms with Crippen molar-refractivity contribution in [2.75, 3.05) is 33.3 Å². The Balaban J connectivity index is 1.48. The number of hydrogen-bond donors (Lipinski definition) is 3. The average Bonchev–Trinajstić information content (AvgIpc) is 3.05. The first-order chi connectivity index (χ1) is 20.8. The first-order valence-electron chi connectivity index (χ1n) is 15.4. The molecule has 2 atom stereocenters. The van der Waals surface area contributed by atoms with Crippen molar-refractivity contribution in [2.24, 2.45) is 5.92 Å². The first-order valence-corrected chi connectivity index (χ1v) is 15.8. The molecule has 2 aliphatic heterocycles. The van der Waals surface area contributed by atoms with Crippen molar-refractivity contribution >= 4 is 23.6 Å². The van der Waals surface area contributed by atoms with Crippen LogP contribution >= 0.6 is 11.6 Å². The lowest BCUT2D eigenvalue weighted by atomic mass is 9.72. The van der Waals surface area contributed by atoms with Crippen molar-refractivity contribution in [3.63, 3.8) is 0 Å². The van der Waals surface area contributed by atoms with E-state index in [1.807, 2.05) is 47.4 Å². The number of aryl methyl sites for hydroxylation is 1. The van der Waals surface area contributed by atoms with E-state index in [2.05, 4.69) is 35.8 Å². The van der Waals surface area contributed by atoms with Gasteiger partial charge in [-0.05, 0) is 91.1 Å². The third kappa shape index (κ3) is 6.90. The fraction of sp³-hybridized carbons (Fsp3) is 0.429. The molecule has 1 fully saturated rings. The Bertz CT molecular complexity index is 1460. The maximum atomic E-state index is 13.8. The maximum absolute atomic E-state index is 13.8. The molecule has 0 bridgehead atoms. The predicted molar refractivity (Wildman–Crippen MR) is 170 cm³/mol. The van der Waals surface area contributed by atoms with E-state index in [1.54, 1.807) is 0 Å². The van der Waals surface area contributed by atoms with Gasteiger partial charge in [0, 0.05) is 48.7 Å². The summed E-state index contributed by atoms with van der Waals surface area (Å²) in [6, 6.07) is 20.0. The Kier molecular flexibility index (Phi) is 10.1. The number of amides is 2. The maximum Gasteiger partial charge on any atom is 0.406 e. The van der Waals surface area contributed by atoms with E-state index >= 15 is 0 Å². The third-order valence-corrected chi connectivity index (χ3v) is 9.28. The number of carbonyl (C=O) groups excluding carboxylic acids is 2. The molecule has 7 nitrogen and oxygen atoms in total. The van der Waals surface area contributed by atoms with Gasteiger partial charge < -0.3 is 25.4 Å². The minimum Gasteiger partial charge on any atom is -0.450 e. The summed E-state index contributed by atoms with van der Waals surface area (Å²) in [6.07, 6.45) is 3.68. The van der Waals surface area contributed by atoms with Crippen LogP contribution in [-0.4, -0.2) is 55.3 Å². The molecule has 5 rings (SSSR count). The Hall–Kier alpha value is -3.39. The Morgan fingerprint density at radius 2 is 1.98 bits per heavy atom. The number of piperidine rings is 1. The van der Waals surface area contributed by atoms with Gasteiger partial charge in [-0.15, -0.1) is 0 Å². The molecule has 2 heterocycles. The van der Waals surface area contributed by atoms with Crippen LogP contribution in [0.3, 0.4) is 0 Å². The zero-order valence-corrected chi connectivity index (χ0v) is 25.9. The zero-order valence-electron chi connectivity index (χ0n) is 25.1. The second kappa shape index (κ2) is 13.9. The predicted octanol–water partition coefficient (Wildman–Crippen LogP) is 6.09. The van der Waals surface area contributed by atoms with Gasteiger partial charge in [0.25, 0.3) is 5.91 Å². The molecule has 0 aromatic heterocycles. The highest BCUT2D eigenvalue weighted by Gasteiger charge is 2.43. The van der Waals surface area contributed by atoms with Crippen molar-refractivity contribution in [3.8, 4) is 11.1 Å². The smallest absolute Gasteiger partial charge is 0.406 e. The van der Waals surface area contributed by atoms with Crippen LogP contribution in [-0.2, 0) is 29.7 Å². The summed E-state index contributed by atoms with van der Waals surface area (Å²) >= 11 is 6.88. The summed E-state index contributed by atoms with van der Waals surface area (Å²) in [5, 5.41) is 19.2. The van der Waals surface area contributed by atoms with Crippen LogP contribution in [0.2, 0.25) is 5.02 Å². The van der Waals surface area contributed by atoms with Crippen LogP contribution in [0.5, 0.6) is 0 Å². The number of benzene rings is 3. The summed E-state index contributed by atoms with van der Waals surface area (Å²) < 4.78 is 5.28. The monoisotopic (exact) mass is 603 g/mol. The van der Waals surface area contributed by atoms with E-state index in [9.17, 15) is 14.7 Å². The average molecular weight is 604 g/mol. The van der Waals surface area contributed by atoms with Gasteiger partial charge >= 0.3 is 6.09 Å². The van der Waals surface area contributed by atoms with Crippen molar-refractivity contribution in [3.05, 3.63) is 93.5 Å². The fourth-order valence-electron chi connectivity index (χ4n) is 6.61. The number of carbonyl (C=O) groups is 2. The molecule has 0 aliphatic carbocycles. The summed E-state index contributed by atoms with van der Waals surface area (Å²) in [4.78, 5) is 27.4. The third-order valence-electron chi connectivity index (χ3n) is 8.97. The number of halogens is 1. The summed E-state index contributed by atoms with van der Waals surface area (Å²) in [7, 11) is 1.52. The minimum atomic E-state index is -1.31. The highest BCUT2D eigenvalue weighted by molar-refractivity contribution is 6.33. The molecule has 43 heavy (non-hydrogen) atoms. The fourth-order valence-corrected chi connectivity index (χ4v) is 6.89. The van der Waals surface area contributed by atoms with Crippen molar-refractivity contribution < 1.29 is 19.4 Å². The molecule has 228 valence electrons. The molecule has 0 spiro atoms. The first kappa shape index (κ1) is 31.0. The highest BCUT2D eigenvalue weighted by Crippen LogP contribution is 2.46. The summed E-state index contributed by atoms with van der Waals surface area (Å²) in [6.45, 7) is 5.07. The SMILES string of the molecule is CCc1cccc(-c2c(Cl)cccc2C(O)(CCCOC(=O)NC)C2CCCN(C(=O)c3ccc4c(c3)CNCC4)C2)c1. The van der Waals surface area contributed by atoms with Crippen molar-refractivity contribution in [1.29, 1.82) is 0 Å². The van der Waals surface area contributed by atoms with Crippen LogP contribution in [0.25, 0.3) is 11.1 Å². The molecule has 0 saturated carbocycles. The van der Waals surface area contributed by atoms with Crippen LogP contribution in [0.15, 0.2) is 60.7 Å². The van der Waals surface area contributed by atoms with Crippen LogP contribution in [0.4, 0.5) is 4.79 Å². The Morgan fingerprint density at radius 1 is 1.14 bits per heavy atom. The number of likely N-dealkylation sites (tertiary alicyclic amines) is 1. The number of nitrogens with zero attached hydrogens (tertiary/aromatic N) is 1. The lowest BCUT2D eigenvalue weighted by Gasteiger charge is -2.44. The number of alkyl carbamates (subject to hydrolysis) is 1. The standard InChI is InChI=1S/C35H42ClN3O4/c1-3-24-8-4-9-26(20-24)32-30(11-5-12-31(32)36)35(42,16-7-19-43-34(41)37-2)29-10-6-18-39(23-29)33(40)27-14-13-25-15-17-38-22-28(25)21-27/h4-5,8-9,11-14,20-21,29,38,42H,3,6-7,10,15-19,22-23H2,1-2H3,(H,37,41). The molecular weight excluding hydrogens is 562 g/mol. The van der Waals surface area contributed by atoms with Crippen LogP contribution in [0.1, 0.15) is 65.2 Å².